The molecule has 0 aliphatic heterocycles. The molecule has 0 fully saturated rings. The van der Waals surface area contributed by atoms with Crippen LogP contribution in [0.3, 0.4) is 0 Å². The zero-order valence-electron chi connectivity index (χ0n) is 10.2. The van der Waals surface area contributed by atoms with Crippen molar-refractivity contribution in [2.45, 2.75) is 0 Å². The molecule has 1 aromatic heterocycles. The van der Waals surface area contributed by atoms with E-state index in [0.717, 1.165) is 17.1 Å². The van der Waals surface area contributed by atoms with Crippen LogP contribution in [0.2, 0.25) is 0 Å². The molecule has 3 rings (SSSR count). The second kappa shape index (κ2) is 4.34. The third-order valence-electron chi connectivity index (χ3n) is 3.08. The molecular weight excluding hydrogens is 261 g/mol. The Labute approximate surface area is 112 Å². The number of imidazole rings is 1. The molecule has 5 nitrogen and oxygen atoms in total. The van der Waals surface area contributed by atoms with Gasteiger partial charge in [0, 0.05) is 11.1 Å². The smallest absolute Gasteiger partial charge is 0.248 e. The molecule has 4 N–H and O–H groups in total. The fraction of sp³-hybridized carbons (Fsp3) is 0. The lowest BCUT2D eigenvalue weighted by Crippen LogP contribution is -2.11. The van der Waals surface area contributed by atoms with Gasteiger partial charge in [-0.05, 0) is 29.8 Å². The van der Waals surface area contributed by atoms with Crippen molar-refractivity contribution in [3.63, 3.8) is 0 Å². The molecule has 0 saturated carbocycles. The van der Waals surface area contributed by atoms with Gasteiger partial charge in [0.25, 0.3) is 0 Å². The number of nitrogens with one attached hydrogen (secondary N) is 1. The number of phenolic OH excluding ortho intramolecular Hbond substituents is 1. The van der Waals surface area contributed by atoms with Gasteiger partial charge in [-0.3, -0.25) is 4.79 Å². The van der Waals surface area contributed by atoms with E-state index in [1.54, 1.807) is 18.2 Å². The van der Waals surface area contributed by atoms with E-state index in [-0.39, 0.29) is 11.1 Å². The molecule has 0 unspecified atom stereocenters. The lowest BCUT2D eigenvalue weighted by molar-refractivity contribution is 0.1000. The maximum Gasteiger partial charge on any atom is 0.248 e. The lowest BCUT2D eigenvalue weighted by Gasteiger charge is -2.08. The van der Waals surface area contributed by atoms with Crippen molar-refractivity contribution in [2.75, 3.05) is 0 Å². The van der Waals surface area contributed by atoms with Crippen LogP contribution in [0, 0.1) is 5.82 Å². The van der Waals surface area contributed by atoms with Gasteiger partial charge in [-0.25, -0.2) is 9.37 Å². The number of H-pyrrole nitrogens is 1. The fourth-order valence-corrected chi connectivity index (χ4v) is 2.06. The molecule has 0 saturated heterocycles. The highest BCUT2D eigenvalue weighted by atomic mass is 19.1. The Morgan fingerprint density at radius 3 is 2.85 bits per heavy atom. The number of amides is 1. The van der Waals surface area contributed by atoms with Crippen LogP contribution in [0.1, 0.15) is 10.4 Å². The normalized spacial score (nSPS) is 10.8. The second-order valence-electron chi connectivity index (χ2n) is 4.35. The number of carbonyl (C=O) groups excluding carboxylic acids is 1. The summed E-state index contributed by atoms with van der Waals surface area (Å²) in [5.41, 5.74) is 7.40. The molecule has 100 valence electrons. The van der Waals surface area contributed by atoms with Crippen molar-refractivity contribution in [2.24, 2.45) is 5.73 Å². The van der Waals surface area contributed by atoms with Crippen LogP contribution < -0.4 is 5.73 Å². The number of phenols is 1. The number of carbonyl (C=O) groups is 1. The number of rotatable bonds is 2. The van der Waals surface area contributed by atoms with Crippen LogP contribution in [0.5, 0.6) is 5.75 Å². The monoisotopic (exact) mass is 271 g/mol. The van der Waals surface area contributed by atoms with Crippen molar-refractivity contribution in [1.82, 2.24) is 9.97 Å². The molecule has 0 aliphatic carbocycles. The van der Waals surface area contributed by atoms with Gasteiger partial charge in [0.15, 0.2) is 11.6 Å². The largest absolute Gasteiger partial charge is 0.504 e. The summed E-state index contributed by atoms with van der Waals surface area (Å²) in [6, 6.07) is 7.40. The summed E-state index contributed by atoms with van der Waals surface area (Å²) in [4.78, 5) is 18.2. The Morgan fingerprint density at radius 2 is 2.10 bits per heavy atom. The number of aromatic nitrogens is 2. The number of halogens is 1. The molecule has 0 radical (unpaired) electrons. The Hall–Kier alpha value is -2.89. The predicted octanol–water partition coefficient (Wildman–Crippen LogP) is 2.17. The predicted molar refractivity (Wildman–Crippen MR) is 71.7 cm³/mol. The molecule has 0 aliphatic rings. The highest BCUT2D eigenvalue weighted by Crippen LogP contribution is 2.33. The average molecular weight is 271 g/mol. The minimum absolute atomic E-state index is 0.00000709. The quantitative estimate of drug-likeness (QED) is 0.667. The first-order valence-electron chi connectivity index (χ1n) is 5.82. The third-order valence-corrected chi connectivity index (χ3v) is 3.08. The molecule has 2 aromatic carbocycles. The summed E-state index contributed by atoms with van der Waals surface area (Å²) >= 11 is 0. The highest BCUT2D eigenvalue weighted by molar-refractivity contribution is 5.95. The summed E-state index contributed by atoms with van der Waals surface area (Å²) in [6.45, 7) is 0. The molecule has 1 amide bonds. The van der Waals surface area contributed by atoms with Gasteiger partial charge in [-0.2, -0.15) is 0 Å². The van der Waals surface area contributed by atoms with Crippen molar-refractivity contribution < 1.29 is 14.3 Å². The van der Waals surface area contributed by atoms with E-state index in [4.69, 9.17) is 5.73 Å². The number of aromatic hydroxyl groups is 1. The number of hydrogen-bond acceptors (Lipinski definition) is 3. The number of nitrogens with zero attached hydrogens (tertiary/aromatic N) is 1. The van der Waals surface area contributed by atoms with Crippen molar-refractivity contribution >= 4 is 16.9 Å². The maximum atomic E-state index is 13.7. The fourth-order valence-electron chi connectivity index (χ4n) is 2.06. The number of primary amides is 1. The van der Waals surface area contributed by atoms with E-state index in [1.165, 1.54) is 12.4 Å². The lowest BCUT2D eigenvalue weighted by atomic mass is 10.0. The van der Waals surface area contributed by atoms with Gasteiger partial charge in [0.1, 0.15) is 0 Å². The topological polar surface area (TPSA) is 92.0 Å². The molecule has 0 atom stereocenters. The van der Waals surface area contributed by atoms with Crippen LogP contribution in [0.15, 0.2) is 36.7 Å². The molecule has 0 bridgehead atoms. The summed E-state index contributed by atoms with van der Waals surface area (Å²) in [5.74, 6) is -2.16. The average Bonchev–Trinajstić information content (AvgIpc) is 2.88. The van der Waals surface area contributed by atoms with E-state index < -0.39 is 17.5 Å². The Balaban J connectivity index is 2.24. The van der Waals surface area contributed by atoms with E-state index in [0.29, 0.717) is 5.56 Å². The minimum atomic E-state index is -0.888. The SMILES string of the molecule is NC(=O)c1cc(F)c(O)c(-c2ccc3nc[nH]c3c2)c1. The number of benzene rings is 2. The molecule has 0 spiro atoms. The van der Waals surface area contributed by atoms with Crippen LogP contribution in [0.4, 0.5) is 4.39 Å². The van der Waals surface area contributed by atoms with Gasteiger partial charge < -0.3 is 15.8 Å². The van der Waals surface area contributed by atoms with Gasteiger partial charge in [0.05, 0.1) is 17.4 Å². The zero-order valence-corrected chi connectivity index (χ0v) is 10.2. The Morgan fingerprint density at radius 1 is 1.30 bits per heavy atom. The van der Waals surface area contributed by atoms with Crippen LogP contribution in [-0.2, 0) is 0 Å². The molecule has 3 aromatic rings. The molecule has 1 heterocycles. The summed E-state index contributed by atoms with van der Waals surface area (Å²) in [6.07, 6.45) is 1.54. The number of aromatic amines is 1. The minimum Gasteiger partial charge on any atom is -0.504 e. The van der Waals surface area contributed by atoms with E-state index in [1.807, 2.05) is 0 Å². The van der Waals surface area contributed by atoms with Crippen molar-refractivity contribution in [3.05, 3.63) is 48.0 Å². The first-order valence-corrected chi connectivity index (χ1v) is 5.82. The van der Waals surface area contributed by atoms with Crippen molar-refractivity contribution in [3.8, 4) is 16.9 Å². The molecular formula is C14H10FN3O2. The van der Waals surface area contributed by atoms with Crippen LogP contribution in [-0.4, -0.2) is 21.0 Å². The summed E-state index contributed by atoms with van der Waals surface area (Å²) in [5, 5.41) is 9.83. The third kappa shape index (κ3) is 1.87. The van der Waals surface area contributed by atoms with Gasteiger partial charge in [0.2, 0.25) is 5.91 Å². The molecule has 6 heteroatoms. The first kappa shape index (κ1) is 12.2. The number of nitrogens with two attached hydrogens (primary N) is 1. The van der Waals surface area contributed by atoms with Crippen molar-refractivity contribution in [1.29, 1.82) is 0 Å². The maximum absolute atomic E-state index is 13.7. The van der Waals surface area contributed by atoms with Gasteiger partial charge in [-0.15, -0.1) is 0 Å². The first-order chi connectivity index (χ1) is 9.56. The highest BCUT2D eigenvalue weighted by Gasteiger charge is 2.14. The molecule has 20 heavy (non-hydrogen) atoms. The number of hydrogen-bond donors (Lipinski definition) is 3. The van der Waals surface area contributed by atoms with Crippen LogP contribution >= 0.6 is 0 Å². The zero-order chi connectivity index (χ0) is 14.3. The summed E-state index contributed by atoms with van der Waals surface area (Å²) in [7, 11) is 0. The van der Waals surface area contributed by atoms with E-state index in [9.17, 15) is 14.3 Å². The van der Waals surface area contributed by atoms with E-state index >= 15 is 0 Å². The Kier molecular flexibility index (Phi) is 2.64. The van der Waals surface area contributed by atoms with Gasteiger partial charge in [-0.1, -0.05) is 6.07 Å². The summed E-state index contributed by atoms with van der Waals surface area (Å²) < 4.78 is 13.7. The number of fused-ring (bicyclic) bond motifs is 1. The standard InChI is InChI=1S/C14H10FN3O2/c15-10-4-8(14(16)20)3-9(13(10)19)7-1-2-11-12(5-7)18-6-17-11/h1-6,19H,(H2,16,20)(H,17,18). The van der Waals surface area contributed by atoms with Crippen LogP contribution in [0.25, 0.3) is 22.2 Å². The Bertz CT molecular complexity index is 826. The van der Waals surface area contributed by atoms with Gasteiger partial charge >= 0.3 is 0 Å². The second-order valence-corrected chi connectivity index (χ2v) is 4.35. The van der Waals surface area contributed by atoms with E-state index in [2.05, 4.69) is 9.97 Å².